The third kappa shape index (κ3) is 10.3. The molecular formula is C3H9NaO2S2. The van der Waals surface area contributed by atoms with Crippen LogP contribution in [0.2, 0.25) is 0 Å². The van der Waals surface area contributed by atoms with Crippen LogP contribution in [-0.4, -0.2) is 40.4 Å². The molecule has 1 atom stereocenters. The summed E-state index contributed by atoms with van der Waals surface area (Å²) in [6.45, 7) is 2.45. The normalized spacial score (nSPS) is 12.1. The molecule has 0 aliphatic heterocycles. The first-order valence-electron chi connectivity index (χ1n) is 2.04. The van der Waals surface area contributed by atoms with Crippen LogP contribution in [0, 0.1) is 0 Å². The fourth-order valence-corrected chi connectivity index (χ4v) is 0.721. The molecule has 0 fully saturated rings. The van der Waals surface area contributed by atoms with Crippen LogP contribution in [-0.2, 0) is 25.0 Å². The molecular weight excluding hydrogens is 155 g/mol. The summed E-state index contributed by atoms with van der Waals surface area (Å²) in [7, 11) is -1.77. The van der Waals surface area contributed by atoms with E-state index in [0.717, 1.165) is 6.42 Å². The zero-order valence-corrected chi connectivity index (χ0v) is 5.80. The van der Waals surface area contributed by atoms with Crippen molar-refractivity contribution in [2.24, 2.45) is 0 Å². The molecule has 0 N–H and O–H groups in total. The zero-order chi connectivity index (χ0) is 5.70. The van der Waals surface area contributed by atoms with E-state index in [4.69, 9.17) is 0 Å². The Morgan fingerprint density at radius 2 is 2.25 bits per heavy atom. The average Bonchev–Trinajstić information content (AvgIpc) is 1.61. The summed E-state index contributed by atoms with van der Waals surface area (Å²) in [5.41, 5.74) is 0. The number of thiol groups is 1. The van der Waals surface area contributed by atoms with Gasteiger partial charge in [-0.15, -0.1) is 0 Å². The Hall–Kier alpha value is 1.33. The standard InChI is InChI=1S/C3H8O2S2.Na.H/c1-2-3-5-7(4)6;;/h7H,2-3H2,1H3;;. The Kier molecular flexibility index (Phi) is 12.5. The van der Waals surface area contributed by atoms with Gasteiger partial charge in [0.2, 0.25) is 0 Å². The van der Waals surface area contributed by atoms with Gasteiger partial charge in [0.05, 0.1) is 6.61 Å². The molecule has 0 radical (unpaired) electrons. The average molecular weight is 164 g/mol. The van der Waals surface area contributed by atoms with E-state index in [1.807, 2.05) is 6.92 Å². The maximum absolute atomic E-state index is 9.94. The summed E-state index contributed by atoms with van der Waals surface area (Å²) in [5.74, 6) is 0. The molecule has 0 aromatic carbocycles. The Labute approximate surface area is 78.2 Å². The Morgan fingerprint density at radius 3 is 2.38 bits per heavy atom. The fraction of sp³-hybridized carbons (Fsp3) is 1.00. The third-order valence-corrected chi connectivity index (χ3v) is 1.11. The van der Waals surface area contributed by atoms with Crippen LogP contribution in [0.3, 0.4) is 0 Å². The Balaban J connectivity index is 0. The molecule has 0 aromatic heterocycles. The molecule has 0 aromatic rings. The minimum absolute atomic E-state index is 0. The van der Waals surface area contributed by atoms with Crippen molar-refractivity contribution in [3.05, 3.63) is 0 Å². The number of rotatable bonds is 3. The molecule has 0 heterocycles. The van der Waals surface area contributed by atoms with Crippen LogP contribution in [0.4, 0.5) is 0 Å². The van der Waals surface area contributed by atoms with Gasteiger partial charge in [0.25, 0.3) is 0 Å². The summed E-state index contributed by atoms with van der Waals surface area (Å²) >= 11 is 4.23. The summed E-state index contributed by atoms with van der Waals surface area (Å²) in [4.78, 5) is 0. The molecule has 8 heavy (non-hydrogen) atoms. The molecule has 0 saturated carbocycles. The fourth-order valence-electron chi connectivity index (χ4n) is 0.166. The summed E-state index contributed by atoms with van der Waals surface area (Å²) in [5, 5.41) is 0. The van der Waals surface area contributed by atoms with E-state index in [-0.39, 0.29) is 29.6 Å². The van der Waals surface area contributed by atoms with Crippen molar-refractivity contribution >= 4 is 50.4 Å². The molecule has 5 heteroatoms. The van der Waals surface area contributed by atoms with Crippen LogP contribution in [0.25, 0.3) is 0 Å². The molecule has 46 valence electrons. The van der Waals surface area contributed by atoms with Crippen molar-refractivity contribution in [1.82, 2.24) is 0 Å². The van der Waals surface area contributed by atoms with Crippen molar-refractivity contribution in [3.8, 4) is 0 Å². The second-order valence-corrected chi connectivity index (χ2v) is 2.66. The summed E-state index contributed by atoms with van der Waals surface area (Å²) in [6, 6.07) is 0. The van der Waals surface area contributed by atoms with Crippen LogP contribution in [0.15, 0.2) is 0 Å². The first kappa shape index (κ1) is 12.0. The van der Waals surface area contributed by atoms with Crippen molar-refractivity contribution in [1.29, 1.82) is 0 Å². The Bertz CT molecular complexity index is 93.5. The predicted octanol–water partition coefficient (Wildman–Crippen LogP) is -0.378. The SMILES string of the molecule is CCCO[SH](=O)=S.[NaH]. The maximum atomic E-state index is 9.94. The first-order valence-corrected chi connectivity index (χ1v) is 4.23. The van der Waals surface area contributed by atoms with Crippen LogP contribution >= 0.6 is 0 Å². The van der Waals surface area contributed by atoms with Crippen molar-refractivity contribution in [2.45, 2.75) is 13.3 Å². The van der Waals surface area contributed by atoms with Gasteiger partial charge in [-0.25, -0.2) is 4.21 Å². The van der Waals surface area contributed by atoms with Gasteiger partial charge in [0, 0.05) is 11.2 Å². The minimum atomic E-state index is -1.77. The first-order chi connectivity index (χ1) is 3.27. The number of hydrogen-bond acceptors (Lipinski definition) is 3. The van der Waals surface area contributed by atoms with Gasteiger partial charge >= 0.3 is 29.6 Å². The second kappa shape index (κ2) is 8.33. The van der Waals surface area contributed by atoms with Gasteiger partial charge in [-0.3, -0.25) is 4.18 Å². The number of hydrogen-bond donors (Lipinski definition) is 1. The van der Waals surface area contributed by atoms with E-state index in [2.05, 4.69) is 15.4 Å². The third-order valence-electron chi connectivity index (χ3n) is 0.401. The van der Waals surface area contributed by atoms with Gasteiger partial charge in [-0.2, -0.15) is 0 Å². The van der Waals surface area contributed by atoms with Gasteiger partial charge in [-0.05, 0) is 6.42 Å². The molecule has 2 nitrogen and oxygen atoms in total. The molecule has 0 saturated heterocycles. The van der Waals surface area contributed by atoms with Crippen LogP contribution in [0.5, 0.6) is 0 Å². The van der Waals surface area contributed by atoms with Crippen molar-refractivity contribution in [2.75, 3.05) is 6.61 Å². The van der Waals surface area contributed by atoms with E-state index in [0.29, 0.717) is 6.61 Å². The van der Waals surface area contributed by atoms with Gasteiger partial charge in [0.1, 0.15) is 9.64 Å². The van der Waals surface area contributed by atoms with E-state index in [1.54, 1.807) is 0 Å². The van der Waals surface area contributed by atoms with E-state index >= 15 is 0 Å². The summed E-state index contributed by atoms with van der Waals surface area (Å²) < 4.78 is 14.5. The quantitative estimate of drug-likeness (QED) is 0.455. The van der Waals surface area contributed by atoms with E-state index in [1.165, 1.54) is 0 Å². The molecule has 0 rings (SSSR count). The molecule has 0 spiro atoms. The van der Waals surface area contributed by atoms with E-state index < -0.39 is 9.64 Å². The van der Waals surface area contributed by atoms with Crippen molar-refractivity contribution in [3.63, 3.8) is 0 Å². The van der Waals surface area contributed by atoms with Crippen LogP contribution in [0.1, 0.15) is 13.3 Å². The molecule has 0 amide bonds. The monoisotopic (exact) mass is 164 g/mol. The predicted molar refractivity (Wildman–Crippen MR) is 40.3 cm³/mol. The molecule has 1 unspecified atom stereocenters. The topological polar surface area (TPSA) is 26.3 Å². The second-order valence-electron chi connectivity index (χ2n) is 1.06. The molecule has 0 aliphatic carbocycles. The summed E-state index contributed by atoms with van der Waals surface area (Å²) in [6.07, 6.45) is 0.873. The van der Waals surface area contributed by atoms with Gasteiger partial charge in [-0.1, -0.05) is 6.92 Å². The molecule has 0 aliphatic rings. The van der Waals surface area contributed by atoms with Gasteiger partial charge < -0.3 is 0 Å². The zero-order valence-electron chi connectivity index (χ0n) is 4.09. The molecule has 0 bridgehead atoms. The van der Waals surface area contributed by atoms with E-state index in [9.17, 15) is 4.21 Å². The Morgan fingerprint density at radius 1 is 1.75 bits per heavy atom. The van der Waals surface area contributed by atoms with Gasteiger partial charge in [0.15, 0.2) is 0 Å². The van der Waals surface area contributed by atoms with Crippen molar-refractivity contribution < 1.29 is 8.39 Å². The van der Waals surface area contributed by atoms with Crippen LogP contribution < -0.4 is 0 Å².